The lowest BCUT2D eigenvalue weighted by atomic mass is 10.1. The van der Waals surface area contributed by atoms with Crippen LogP contribution >= 0.6 is 0 Å². The van der Waals surface area contributed by atoms with E-state index in [0.29, 0.717) is 12.1 Å². The first-order valence-electron chi connectivity index (χ1n) is 5.79. The molecule has 0 radical (unpaired) electrons. The van der Waals surface area contributed by atoms with Crippen molar-refractivity contribution >= 4 is 11.9 Å². The monoisotopic (exact) mass is 258 g/mol. The number of aromatic carboxylic acids is 1. The maximum absolute atomic E-state index is 12.1. The number of hydrogen-bond acceptors (Lipinski definition) is 2. The third kappa shape index (κ3) is 3.01. The summed E-state index contributed by atoms with van der Waals surface area (Å²) < 4.78 is 0. The number of aromatic nitrogens is 1. The van der Waals surface area contributed by atoms with Gasteiger partial charge in [0.2, 0.25) is 0 Å². The fourth-order valence-corrected chi connectivity index (χ4v) is 1.77. The summed E-state index contributed by atoms with van der Waals surface area (Å²) in [4.78, 5) is 27.4. The van der Waals surface area contributed by atoms with Crippen LogP contribution in [-0.4, -0.2) is 33.9 Å². The SMILES string of the molecule is CN(Cc1ccc[nH]1)C(=O)c1ccc(C(=O)O)cc1. The number of rotatable bonds is 4. The Morgan fingerprint density at radius 1 is 1.16 bits per heavy atom. The first-order valence-corrected chi connectivity index (χ1v) is 5.79. The van der Waals surface area contributed by atoms with E-state index < -0.39 is 5.97 Å². The highest BCUT2D eigenvalue weighted by atomic mass is 16.4. The highest BCUT2D eigenvalue weighted by Gasteiger charge is 2.13. The molecular formula is C14H14N2O3. The largest absolute Gasteiger partial charge is 0.478 e. The van der Waals surface area contributed by atoms with Gasteiger partial charge in [-0.15, -0.1) is 0 Å². The second-order valence-corrected chi connectivity index (χ2v) is 4.24. The molecule has 2 rings (SSSR count). The van der Waals surface area contributed by atoms with E-state index >= 15 is 0 Å². The van der Waals surface area contributed by atoms with Crippen LogP contribution < -0.4 is 0 Å². The molecule has 0 unspecified atom stereocenters. The van der Waals surface area contributed by atoms with Crippen LogP contribution in [0.1, 0.15) is 26.4 Å². The minimum absolute atomic E-state index is 0.147. The molecular weight excluding hydrogens is 244 g/mol. The minimum atomic E-state index is -1.00. The lowest BCUT2D eigenvalue weighted by Crippen LogP contribution is -2.26. The number of benzene rings is 1. The number of nitrogens with one attached hydrogen (secondary N) is 1. The highest BCUT2D eigenvalue weighted by Crippen LogP contribution is 2.09. The van der Waals surface area contributed by atoms with E-state index in [-0.39, 0.29) is 11.5 Å². The van der Waals surface area contributed by atoms with Crippen LogP contribution in [0.5, 0.6) is 0 Å². The summed E-state index contributed by atoms with van der Waals surface area (Å²) >= 11 is 0. The number of aromatic amines is 1. The molecule has 0 aliphatic carbocycles. The van der Waals surface area contributed by atoms with Crippen LogP contribution in [0.2, 0.25) is 0 Å². The molecule has 0 fully saturated rings. The third-order valence-corrected chi connectivity index (χ3v) is 2.80. The molecule has 1 heterocycles. The number of hydrogen-bond donors (Lipinski definition) is 2. The van der Waals surface area contributed by atoms with Gasteiger partial charge in [-0.05, 0) is 36.4 Å². The number of carboxylic acids is 1. The summed E-state index contributed by atoms with van der Waals surface area (Å²) in [6, 6.07) is 9.68. The zero-order chi connectivity index (χ0) is 13.8. The zero-order valence-electron chi connectivity index (χ0n) is 10.5. The Kier molecular flexibility index (Phi) is 3.66. The van der Waals surface area contributed by atoms with Crippen LogP contribution in [-0.2, 0) is 6.54 Å². The van der Waals surface area contributed by atoms with Gasteiger partial charge in [0.15, 0.2) is 0 Å². The fraction of sp³-hybridized carbons (Fsp3) is 0.143. The van der Waals surface area contributed by atoms with E-state index in [2.05, 4.69) is 4.98 Å². The van der Waals surface area contributed by atoms with Crippen LogP contribution in [0.15, 0.2) is 42.6 Å². The molecule has 5 nitrogen and oxygen atoms in total. The van der Waals surface area contributed by atoms with E-state index in [1.807, 2.05) is 12.1 Å². The summed E-state index contributed by atoms with van der Waals surface area (Å²) in [5, 5.41) is 8.80. The van der Waals surface area contributed by atoms with Gasteiger partial charge >= 0.3 is 5.97 Å². The Labute approximate surface area is 110 Å². The molecule has 0 saturated carbocycles. The predicted molar refractivity (Wildman–Crippen MR) is 70.0 cm³/mol. The second-order valence-electron chi connectivity index (χ2n) is 4.24. The van der Waals surface area contributed by atoms with E-state index in [4.69, 9.17) is 5.11 Å². The molecule has 5 heteroatoms. The number of carbonyl (C=O) groups excluding carboxylic acids is 1. The Bertz CT molecular complexity index is 573. The topological polar surface area (TPSA) is 73.4 Å². The predicted octanol–water partition coefficient (Wildman–Crippen LogP) is 1.99. The van der Waals surface area contributed by atoms with Crippen molar-refractivity contribution < 1.29 is 14.7 Å². The van der Waals surface area contributed by atoms with Crippen molar-refractivity contribution in [3.05, 3.63) is 59.4 Å². The molecule has 0 saturated heterocycles. The summed E-state index contributed by atoms with van der Waals surface area (Å²) in [6.45, 7) is 0.479. The normalized spacial score (nSPS) is 10.2. The van der Waals surface area contributed by atoms with Gasteiger partial charge in [-0.2, -0.15) is 0 Å². The zero-order valence-corrected chi connectivity index (χ0v) is 10.5. The maximum Gasteiger partial charge on any atom is 0.335 e. The molecule has 0 bridgehead atoms. The number of carboxylic acid groups (broad SMARTS) is 1. The second kappa shape index (κ2) is 5.39. The molecule has 19 heavy (non-hydrogen) atoms. The molecule has 1 amide bonds. The van der Waals surface area contributed by atoms with Crippen molar-refractivity contribution in [2.45, 2.75) is 6.54 Å². The maximum atomic E-state index is 12.1. The van der Waals surface area contributed by atoms with Gasteiger partial charge in [0.25, 0.3) is 5.91 Å². The Hall–Kier alpha value is -2.56. The van der Waals surface area contributed by atoms with Crippen molar-refractivity contribution in [1.82, 2.24) is 9.88 Å². The van der Waals surface area contributed by atoms with Crippen LogP contribution in [0.3, 0.4) is 0 Å². The lowest BCUT2D eigenvalue weighted by Gasteiger charge is -2.16. The first kappa shape index (κ1) is 12.9. The van der Waals surface area contributed by atoms with Crippen molar-refractivity contribution in [2.75, 3.05) is 7.05 Å². The molecule has 0 aliphatic heterocycles. The molecule has 1 aromatic carbocycles. The summed E-state index contributed by atoms with van der Waals surface area (Å²) in [6.07, 6.45) is 1.80. The fourth-order valence-electron chi connectivity index (χ4n) is 1.77. The Morgan fingerprint density at radius 2 is 1.79 bits per heavy atom. The molecule has 2 aromatic rings. The van der Waals surface area contributed by atoms with Gasteiger partial charge in [-0.1, -0.05) is 0 Å². The van der Waals surface area contributed by atoms with E-state index in [0.717, 1.165) is 5.69 Å². The van der Waals surface area contributed by atoms with Crippen molar-refractivity contribution in [2.24, 2.45) is 0 Å². The average molecular weight is 258 g/mol. The standard InChI is InChI=1S/C14H14N2O3/c1-16(9-12-3-2-8-15-12)13(17)10-4-6-11(7-5-10)14(18)19/h2-8,15H,9H2,1H3,(H,18,19). The molecule has 2 N–H and O–H groups in total. The molecule has 0 spiro atoms. The van der Waals surface area contributed by atoms with E-state index in [1.165, 1.54) is 24.3 Å². The number of carbonyl (C=O) groups is 2. The summed E-state index contributed by atoms with van der Waals surface area (Å²) in [5.74, 6) is -1.15. The van der Waals surface area contributed by atoms with Crippen molar-refractivity contribution in [3.63, 3.8) is 0 Å². The smallest absolute Gasteiger partial charge is 0.335 e. The van der Waals surface area contributed by atoms with Gasteiger partial charge in [0.1, 0.15) is 0 Å². The minimum Gasteiger partial charge on any atom is -0.478 e. The van der Waals surface area contributed by atoms with E-state index in [9.17, 15) is 9.59 Å². The first-order chi connectivity index (χ1) is 9.08. The Balaban J connectivity index is 2.08. The van der Waals surface area contributed by atoms with Gasteiger partial charge in [-0.25, -0.2) is 4.79 Å². The van der Waals surface area contributed by atoms with Gasteiger partial charge in [0.05, 0.1) is 12.1 Å². The number of amides is 1. The van der Waals surface area contributed by atoms with Gasteiger partial charge < -0.3 is 15.0 Å². The van der Waals surface area contributed by atoms with E-state index in [1.54, 1.807) is 18.1 Å². The van der Waals surface area contributed by atoms with Crippen LogP contribution in [0, 0.1) is 0 Å². The molecule has 0 atom stereocenters. The van der Waals surface area contributed by atoms with Crippen LogP contribution in [0.4, 0.5) is 0 Å². The lowest BCUT2D eigenvalue weighted by molar-refractivity contribution is 0.0695. The molecule has 1 aromatic heterocycles. The molecule has 0 aliphatic rings. The number of H-pyrrole nitrogens is 1. The highest BCUT2D eigenvalue weighted by molar-refractivity contribution is 5.95. The van der Waals surface area contributed by atoms with Crippen LogP contribution in [0.25, 0.3) is 0 Å². The van der Waals surface area contributed by atoms with Crippen molar-refractivity contribution in [1.29, 1.82) is 0 Å². The summed E-state index contributed by atoms with van der Waals surface area (Å²) in [5.41, 5.74) is 1.58. The third-order valence-electron chi connectivity index (χ3n) is 2.80. The summed E-state index contributed by atoms with van der Waals surface area (Å²) in [7, 11) is 1.70. The average Bonchev–Trinajstić information content (AvgIpc) is 2.90. The quantitative estimate of drug-likeness (QED) is 0.880. The van der Waals surface area contributed by atoms with Gasteiger partial charge in [0, 0.05) is 24.5 Å². The van der Waals surface area contributed by atoms with Crippen molar-refractivity contribution in [3.8, 4) is 0 Å². The number of nitrogens with zero attached hydrogens (tertiary/aromatic N) is 1. The molecule has 98 valence electrons. The Morgan fingerprint density at radius 3 is 2.32 bits per heavy atom. The van der Waals surface area contributed by atoms with Gasteiger partial charge in [-0.3, -0.25) is 4.79 Å².